The largest absolute Gasteiger partial charge is 0.513 e. The van der Waals surface area contributed by atoms with E-state index in [9.17, 15) is 4.57 Å². The minimum absolute atomic E-state index is 0.0262. The summed E-state index contributed by atoms with van der Waals surface area (Å²) in [6, 6.07) is 18.4. The van der Waals surface area contributed by atoms with E-state index in [0.29, 0.717) is 11.5 Å². The summed E-state index contributed by atoms with van der Waals surface area (Å²) in [5, 5.41) is 5.62. The molecule has 1 heterocycles. The van der Waals surface area contributed by atoms with Crippen LogP contribution in [0.3, 0.4) is 0 Å². The number of quaternary nitrogens is 1. The summed E-state index contributed by atoms with van der Waals surface area (Å²) in [5.41, 5.74) is 0.0908. The minimum atomic E-state index is -3.61. The first-order valence-corrected chi connectivity index (χ1v) is 10.9. The molecule has 0 radical (unpaired) electrons. The maximum Gasteiger partial charge on any atom is 0.513 e. The zero-order valence-corrected chi connectivity index (χ0v) is 17.4. The van der Waals surface area contributed by atoms with Crippen LogP contribution < -0.4 is 19.5 Å². The van der Waals surface area contributed by atoms with Crippen LogP contribution in [0.2, 0.25) is 0 Å². The van der Waals surface area contributed by atoms with Gasteiger partial charge >= 0.3 is 7.75 Å². The Bertz CT molecular complexity index is 732. The lowest BCUT2D eigenvalue weighted by molar-refractivity contribution is -0.787. The fourth-order valence-corrected chi connectivity index (χ4v) is 5.72. The summed E-state index contributed by atoms with van der Waals surface area (Å²) in [7, 11) is -3.61. The molecule has 146 valence electrons. The van der Waals surface area contributed by atoms with E-state index in [4.69, 9.17) is 9.05 Å². The van der Waals surface area contributed by atoms with Gasteiger partial charge in [-0.2, -0.15) is 5.09 Å². The third-order valence-electron chi connectivity index (χ3n) is 4.60. The summed E-state index contributed by atoms with van der Waals surface area (Å²) in [6.07, 6.45) is 1.74. The minimum Gasteiger partial charge on any atom is -0.405 e. The van der Waals surface area contributed by atoms with E-state index >= 15 is 0 Å². The zero-order valence-electron chi connectivity index (χ0n) is 16.5. The standard InChI is InChI=1S/C21H29N2O3P/c1-20(2)15-17(16-21(3,4)23-20)22-27(24,25-18-11-7-5-8-12-18)26-19-13-9-6-10-14-19/h5-14,17,23H,15-16H2,1-4H3,(H,22,24)/p+1. The molecule has 27 heavy (non-hydrogen) atoms. The van der Waals surface area contributed by atoms with E-state index in [1.165, 1.54) is 0 Å². The van der Waals surface area contributed by atoms with Crippen LogP contribution in [0.4, 0.5) is 0 Å². The molecule has 0 saturated carbocycles. The molecule has 2 aromatic carbocycles. The molecule has 0 aromatic heterocycles. The van der Waals surface area contributed by atoms with Crippen molar-refractivity contribution >= 4 is 7.75 Å². The van der Waals surface area contributed by atoms with Crippen molar-refractivity contribution in [2.45, 2.75) is 57.7 Å². The first-order chi connectivity index (χ1) is 12.6. The fourth-order valence-electron chi connectivity index (χ4n) is 4.14. The maximum atomic E-state index is 13.7. The van der Waals surface area contributed by atoms with Gasteiger partial charge in [-0.1, -0.05) is 36.4 Å². The van der Waals surface area contributed by atoms with Crippen LogP contribution in [-0.2, 0) is 4.57 Å². The monoisotopic (exact) mass is 389 g/mol. The molecule has 6 heteroatoms. The molecule has 0 spiro atoms. The van der Waals surface area contributed by atoms with Crippen molar-refractivity contribution in [3.05, 3.63) is 60.7 Å². The van der Waals surface area contributed by atoms with Crippen LogP contribution in [0, 0.1) is 0 Å². The van der Waals surface area contributed by atoms with Crippen molar-refractivity contribution in [2.75, 3.05) is 0 Å². The highest BCUT2D eigenvalue weighted by molar-refractivity contribution is 7.52. The Morgan fingerprint density at radius 2 is 1.26 bits per heavy atom. The number of para-hydroxylation sites is 2. The fraction of sp³-hybridized carbons (Fsp3) is 0.429. The lowest BCUT2D eigenvalue weighted by Crippen LogP contribution is -3.06. The van der Waals surface area contributed by atoms with Crippen molar-refractivity contribution in [3.63, 3.8) is 0 Å². The van der Waals surface area contributed by atoms with Gasteiger partial charge < -0.3 is 14.4 Å². The highest BCUT2D eigenvalue weighted by atomic mass is 31.2. The van der Waals surface area contributed by atoms with E-state index in [1.54, 1.807) is 24.3 Å². The lowest BCUT2D eigenvalue weighted by atomic mass is 9.80. The van der Waals surface area contributed by atoms with Crippen molar-refractivity contribution in [2.24, 2.45) is 0 Å². The second kappa shape index (κ2) is 7.67. The highest BCUT2D eigenvalue weighted by Gasteiger charge is 2.45. The summed E-state index contributed by atoms with van der Waals surface area (Å²) in [5.74, 6) is 1.04. The Hall–Kier alpha value is -1.81. The predicted molar refractivity (Wildman–Crippen MR) is 108 cm³/mol. The first kappa shape index (κ1) is 19.9. The van der Waals surface area contributed by atoms with Crippen LogP contribution in [0.5, 0.6) is 11.5 Å². The van der Waals surface area contributed by atoms with Gasteiger partial charge in [-0.05, 0) is 52.0 Å². The molecular weight excluding hydrogens is 359 g/mol. The molecule has 3 rings (SSSR count). The smallest absolute Gasteiger partial charge is 0.405 e. The molecule has 0 unspecified atom stereocenters. The van der Waals surface area contributed by atoms with Crippen molar-refractivity contribution in [3.8, 4) is 11.5 Å². The number of hydrogen-bond donors (Lipinski definition) is 2. The van der Waals surface area contributed by atoms with E-state index in [1.807, 2.05) is 36.4 Å². The normalized spacial score (nSPS) is 19.4. The van der Waals surface area contributed by atoms with Crippen LogP contribution in [0.25, 0.3) is 0 Å². The van der Waals surface area contributed by atoms with Crippen LogP contribution >= 0.6 is 7.75 Å². The van der Waals surface area contributed by atoms with Crippen molar-refractivity contribution in [1.29, 1.82) is 0 Å². The molecule has 0 aliphatic carbocycles. The molecule has 1 fully saturated rings. The summed E-state index contributed by atoms with van der Waals surface area (Å²) in [4.78, 5) is 0. The SMILES string of the molecule is CC1(C)CC(NP(=O)(Oc2ccccc2)Oc2ccccc2)CC(C)(C)[NH2+]1. The molecule has 3 N–H and O–H groups in total. The average Bonchev–Trinajstić information content (AvgIpc) is 2.53. The Morgan fingerprint density at radius 3 is 1.67 bits per heavy atom. The average molecular weight is 389 g/mol. The number of nitrogens with two attached hydrogens (primary N) is 1. The predicted octanol–water partition coefficient (Wildman–Crippen LogP) is 4.13. The van der Waals surface area contributed by atoms with Gasteiger partial charge in [0.15, 0.2) is 0 Å². The van der Waals surface area contributed by atoms with Crippen molar-refractivity contribution < 1.29 is 18.9 Å². The van der Waals surface area contributed by atoms with Gasteiger partial charge in [0.05, 0.1) is 11.1 Å². The number of hydrogen-bond acceptors (Lipinski definition) is 3. The van der Waals surface area contributed by atoms with Crippen LogP contribution in [0.1, 0.15) is 40.5 Å². The van der Waals surface area contributed by atoms with Gasteiger partial charge in [-0.25, -0.2) is 4.57 Å². The second-order valence-corrected chi connectivity index (χ2v) is 10.3. The van der Waals surface area contributed by atoms with E-state index in [2.05, 4.69) is 38.1 Å². The Kier molecular flexibility index (Phi) is 5.66. The Balaban J connectivity index is 1.84. The first-order valence-electron chi connectivity index (χ1n) is 9.39. The molecule has 1 saturated heterocycles. The van der Waals surface area contributed by atoms with E-state index in [0.717, 1.165) is 12.8 Å². The van der Waals surface area contributed by atoms with Gasteiger partial charge in [-0.3, -0.25) is 0 Å². The van der Waals surface area contributed by atoms with Gasteiger partial charge in [0.2, 0.25) is 0 Å². The molecule has 5 nitrogen and oxygen atoms in total. The molecule has 0 atom stereocenters. The van der Waals surface area contributed by atoms with Gasteiger partial charge in [-0.15, -0.1) is 0 Å². The summed E-state index contributed by atoms with van der Waals surface area (Å²) < 4.78 is 25.4. The molecular formula is C21H30N2O3P+. The van der Waals surface area contributed by atoms with Crippen LogP contribution in [0.15, 0.2) is 60.7 Å². The number of rotatable bonds is 6. The molecule has 0 amide bonds. The topological polar surface area (TPSA) is 64.2 Å². The third-order valence-corrected chi connectivity index (χ3v) is 6.19. The number of nitrogens with one attached hydrogen (secondary N) is 1. The third kappa shape index (κ3) is 5.83. The van der Waals surface area contributed by atoms with Crippen molar-refractivity contribution in [1.82, 2.24) is 5.09 Å². The second-order valence-electron chi connectivity index (χ2n) is 8.66. The highest BCUT2D eigenvalue weighted by Crippen LogP contribution is 2.46. The zero-order chi connectivity index (χ0) is 19.5. The Labute approximate surface area is 162 Å². The summed E-state index contributed by atoms with van der Waals surface area (Å²) >= 11 is 0. The molecule has 2 aromatic rings. The molecule has 0 bridgehead atoms. The van der Waals surface area contributed by atoms with Gasteiger partial charge in [0.1, 0.15) is 11.5 Å². The maximum absolute atomic E-state index is 13.7. The Morgan fingerprint density at radius 1 is 0.852 bits per heavy atom. The van der Waals surface area contributed by atoms with E-state index in [-0.39, 0.29) is 17.1 Å². The molecule has 1 aliphatic rings. The van der Waals surface area contributed by atoms with Crippen LogP contribution in [-0.4, -0.2) is 17.1 Å². The summed E-state index contributed by atoms with van der Waals surface area (Å²) in [6.45, 7) is 8.85. The number of piperidine rings is 1. The van der Waals surface area contributed by atoms with Gasteiger partial charge in [0.25, 0.3) is 0 Å². The number of benzene rings is 2. The molecule has 1 aliphatic heterocycles. The van der Waals surface area contributed by atoms with Gasteiger partial charge in [0, 0.05) is 18.9 Å². The lowest BCUT2D eigenvalue weighted by Gasteiger charge is -2.43. The quantitative estimate of drug-likeness (QED) is 0.730. The van der Waals surface area contributed by atoms with E-state index < -0.39 is 7.75 Å².